The first kappa shape index (κ1) is 11.3. The lowest BCUT2D eigenvalue weighted by atomic mass is 10.0. The molecule has 0 N–H and O–H groups in total. The highest BCUT2D eigenvalue weighted by Gasteiger charge is 2.19. The van der Waals surface area contributed by atoms with Crippen LogP contribution in [-0.4, -0.2) is 56.7 Å². The van der Waals surface area contributed by atoms with Crippen LogP contribution >= 0.6 is 0 Å². The molecule has 14 heavy (non-hydrogen) atoms. The largest absolute Gasteiger partial charge is 0.381 e. The molecule has 0 saturated carbocycles. The van der Waals surface area contributed by atoms with E-state index in [1.165, 1.54) is 6.42 Å². The topological polar surface area (TPSA) is 32.8 Å². The molecule has 82 valence electrons. The molecule has 1 aliphatic heterocycles. The van der Waals surface area contributed by atoms with Gasteiger partial charge in [-0.3, -0.25) is 0 Å². The van der Waals surface area contributed by atoms with Gasteiger partial charge in [0.15, 0.2) is 0 Å². The zero-order valence-electron chi connectivity index (χ0n) is 9.32. The van der Waals surface area contributed by atoms with E-state index in [9.17, 15) is 4.79 Å². The Morgan fingerprint density at radius 3 is 2.64 bits per heavy atom. The third kappa shape index (κ3) is 3.18. The van der Waals surface area contributed by atoms with E-state index in [0.29, 0.717) is 5.92 Å². The standard InChI is InChI=1S/C10H20N2O2/c1-11(2)10(13)12(3)7-9-5-4-6-14-8-9/h9H,4-8H2,1-3H3. The number of hydrogen-bond donors (Lipinski definition) is 0. The minimum atomic E-state index is 0.0653. The zero-order valence-corrected chi connectivity index (χ0v) is 9.32. The summed E-state index contributed by atoms with van der Waals surface area (Å²) in [6.07, 6.45) is 2.29. The Bertz CT molecular complexity index is 189. The van der Waals surface area contributed by atoms with E-state index in [-0.39, 0.29) is 6.03 Å². The van der Waals surface area contributed by atoms with E-state index < -0.39 is 0 Å². The second-order valence-electron chi connectivity index (χ2n) is 4.14. The second-order valence-corrected chi connectivity index (χ2v) is 4.14. The molecule has 1 rings (SSSR count). The molecule has 0 bridgehead atoms. The Balaban J connectivity index is 2.31. The van der Waals surface area contributed by atoms with Crippen LogP contribution in [-0.2, 0) is 4.74 Å². The quantitative estimate of drug-likeness (QED) is 0.667. The van der Waals surface area contributed by atoms with Crippen LogP contribution in [0, 0.1) is 5.92 Å². The average Bonchev–Trinajstić information content (AvgIpc) is 2.18. The first-order valence-corrected chi connectivity index (χ1v) is 5.11. The number of hydrogen-bond acceptors (Lipinski definition) is 2. The Morgan fingerprint density at radius 2 is 2.14 bits per heavy atom. The van der Waals surface area contributed by atoms with Gasteiger partial charge in [-0.25, -0.2) is 4.79 Å². The first-order valence-electron chi connectivity index (χ1n) is 5.11. The number of nitrogens with zero attached hydrogens (tertiary/aromatic N) is 2. The molecule has 0 aromatic carbocycles. The van der Waals surface area contributed by atoms with Gasteiger partial charge in [0.05, 0.1) is 6.61 Å². The molecule has 0 aliphatic carbocycles. The molecule has 1 unspecified atom stereocenters. The van der Waals surface area contributed by atoms with Crippen molar-refractivity contribution in [2.24, 2.45) is 5.92 Å². The lowest BCUT2D eigenvalue weighted by Crippen LogP contribution is -2.40. The molecule has 0 aromatic heterocycles. The van der Waals surface area contributed by atoms with Gasteiger partial charge in [0, 0.05) is 40.2 Å². The molecule has 4 nitrogen and oxygen atoms in total. The lowest BCUT2D eigenvalue weighted by molar-refractivity contribution is 0.0443. The molecule has 1 aliphatic rings. The highest BCUT2D eigenvalue weighted by Crippen LogP contribution is 2.14. The monoisotopic (exact) mass is 200 g/mol. The third-order valence-corrected chi connectivity index (χ3v) is 2.50. The maximum atomic E-state index is 11.5. The van der Waals surface area contributed by atoms with Crippen molar-refractivity contribution in [2.75, 3.05) is 40.9 Å². The summed E-state index contributed by atoms with van der Waals surface area (Å²) in [5.74, 6) is 0.512. The molecular weight excluding hydrogens is 180 g/mol. The van der Waals surface area contributed by atoms with Crippen LogP contribution in [0.1, 0.15) is 12.8 Å². The van der Waals surface area contributed by atoms with Crippen molar-refractivity contribution < 1.29 is 9.53 Å². The fourth-order valence-electron chi connectivity index (χ4n) is 1.76. The highest BCUT2D eigenvalue weighted by atomic mass is 16.5. The SMILES string of the molecule is CN(C)C(=O)N(C)CC1CCCOC1. The Morgan fingerprint density at radius 1 is 1.43 bits per heavy atom. The van der Waals surface area contributed by atoms with Crippen LogP contribution in [0.5, 0.6) is 0 Å². The summed E-state index contributed by atoms with van der Waals surface area (Å²) in [6, 6.07) is 0.0653. The van der Waals surface area contributed by atoms with Crippen molar-refractivity contribution in [3.05, 3.63) is 0 Å². The van der Waals surface area contributed by atoms with E-state index in [0.717, 1.165) is 26.2 Å². The minimum Gasteiger partial charge on any atom is -0.381 e. The first-order chi connectivity index (χ1) is 6.61. The summed E-state index contributed by atoms with van der Waals surface area (Å²) in [6.45, 7) is 2.48. The van der Waals surface area contributed by atoms with Gasteiger partial charge in [-0.05, 0) is 12.8 Å². The molecule has 1 saturated heterocycles. The Labute approximate surface area is 85.8 Å². The lowest BCUT2D eigenvalue weighted by Gasteiger charge is -2.28. The van der Waals surface area contributed by atoms with Crippen LogP contribution in [0.25, 0.3) is 0 Å². The molecule has 0 radical (unpaired) electrons. The van der Waals surface area contributed by atoms with E-state index >= 15 is 0 Å². The predicted molar refractivity (Wildman–Crippen MR) is 55.3 cm³/mol. The number of amides is 2. The van der Waals surface area contributed by atoms with Crippen molar-refractivity contribution in [3.8, 4) is 0 Å². The van der Waals surface area contributed by atoms with Gasteiger partial charge >= 0.3 is 6.03 Å². The molecule has 1 atom stereocenters. The summed E-state index contributed by atoms with van der Waals surface area (Å²) in [7, 11) is 5.39. The van der Waals surface area contributed by atoms with Crippen LogP contribution in [0.3, 0.4) is 0 Å². The van der Waals surface area contributed by atoms with Crippen molar-refractivity contribution in [1.82, 2.24) is 9.80 Å². The van der Waals surface area contributed by atoms with E-state index in [2.05, 4.69) is 0 Å². The molecule has 1 heterocycles. The van der Waals surface area contributed by atoms with Gasteiger partial charge < -0.3 is 14.5 Å². The number of carbonyl (C=O) groups is 1. The Kier molecular flexibility index (Phi) is 4.20. The number of urea groups is 1. The predicted octanol–water partition coefficient (Wildman–Crippen LogP) is 1.03. The molecule has 0 aromatic rings. The van der Waals surface area contributed by atoms with Crippen molar-refractivity contribution in [1.29, 1.82) is 0 Å². The average molecular weight is 200 g/mol. The van der Waals surface area contributed by atoms with Gasteiger partial charge in [-0.1, -0.05) is 0 Å². The highest BCUT2D eigenvalue weighted by molar-refractivity contribution is 5.73. The summed E-state index contributed by atoms with van der Waals surface area (Å²) < 4.78 is 5.37. The van der Waals surface area contributed by atoms with Gasteiger partial charge in [0.1, 0.15) is 0 Å². The minimum absolute atomic E-state index is 0.0653. The van der Waals surface area contributed by atoms with Crippen molar-refractivity contribution in [3.63, 3.8) is 0 Å². The van der Waals surface area contributed by atoms with Gasteiger partial charge in [0.25, 0.3) is 0 Å². The van der Waals surface area contributed by atoms with Crippen LogP contribution in [0.15, 0.2) is 0 Å². The fourth-order valence-corrected chi connectivity index (χ4v) is 1.76. The summed E-state index contributed by atoms with van der Waals surface area (Å²) >= 11 is 0. The smallest absolute Gasteiger partial charge is 0.319 e. The Hall–Kier alpha value is -0.770. The second kappa shape index (κ2) is 5.20. The molecule has 0 spiro atoms. The molecule has 2 amide bonds. The van der Waals surface area contributed by atoms with Crippen molar-refractivity contribution >= 4 is 6.03 Å². The van der Waals surface area contributed by atoms with Gasteiger partial charge in [-0.2, -0.15) is 0 Å². The van der Waals surface area contributed by atoms with Crippen molar-refractivity contribution in [2.45, 2.75) is 12.8 Å². The third-order valence-electron chi connectivity index (χ3n) is 2.50. The van der Waals surface area contributed by atoms with E-state index in [4.69, 9.17) is 4.74 Å². The van der Waals surface area contributed by atoms with Gasteiger partial charge in [-0.15, -0.1) is 0 Å². The van der Waals surface area contributed by atoms with Crippen LogP contribution in [0.4, 0.5) is 4.79 Å². The summed E-state index contributed by atoms with van der Waals surface area (Å²) in [5, 5.41) is 0. The van der Waals surface area contributed by atoms with Gasteiger partial charge in [0.2, 0.25) is 0 Å². The number of rotatable bonds is 2. The van der Waals surface area contributed by atoms with Crippen LogP contribution in [0.2, 0.25) is 0 Å². The normalized spacial score (nSPS) is 21.8. The van der Waals surface area contributed by atoms with Crippen LogP contribution < -0.4 is 0 Å². The summed E-state index contributed by atoms with van der Waals surface area (Å²) in [4.78, 5) is 14.9. The fraction of sp³-hybridized carbons (Fsp3) is 0.900. The molecular formula is C10H20N2O2. The van der Waals surface area contributed by atoms with E-state index in [1.807, 2.05) is 7.05 Å². The zero-order chi connectivity index (χ0) is 10.6. The molecule has 1 fully saturated rings. The summed E-state index contributed by atoms with van der Waals surface area (Å²) in [5.41, 5.74) is 0. The maximum Gasteiger partial charge on any atom is 0.319 e. The number of ether oxygens (including phenoxy) is 1. The maximum absolute atomic E-state index is 11.5. The van der Waals surface area contributed by atoms with E-state index in [1.54, 1.807) is 23.9 Å². The number of carbonyl (C=O) groups excluding carboxylic acids is 1. The molecule has 4 heteroatoms.